The number of nitrogens with one attached hydrogen (secondary N) is 2. The minimum atomic E-state index is -0.106. The molecule has 0 saturated heterocycles. The van der Waals surface area contributed by atoms with Crippen molar-refractivity contribution < 1.29 is 4.79 Å². The molecule has 2 atom stereocenters. The average Bonchev–Trinajstić information content (AvgIpc) is 2.81. The topological polar surface area (TPSA) is 68.7 Å². The minimum absolute atomic E-state index is 0.106. The first-order valence-electron chi connectivity index (χ1n) is 6.10. The number of nitrogens with zero attached hydrogens (tertiary/aromatic N) is 1. The van der Waals surface area contributed by atoms with Crippen molar-refractivity contribution in [2.24, 2.45) is 5.92 Å². The largest absolute Gasteiger partial charge is 0.348 e. The van der Waals surface area contributed by atoms with E-state index in [1.54, 1.807) is 12.1 Å². The highest BCUT2D eigenvalue weighted by Crippen LogP contribution is 2.23. The summed E-state index contributed by atoms with van der Waals surface area (Å²) in [6.45, 7) is 2.18. The van der Waals surface area contributed by atoms with Gasteiger partial charge in [0.1, 0.15) is 17.5 Å². The summed E-state index contributed by atoms with van der Waals surface area (Å²) in [5, 5.41) is 11.7. The zero-order valence-corrected chi connectivity index (χ0v) is 9.99. The number of aromatic nitrogens is 1. The zero-order chi connectivity index (χ0) is 12.3. The van der Waals surface area contributed by atoms with Gasteiger partial charge in [-0.3, -0.25) is 4.79 Å². The van der Waals surface area contributed by atoms with Gasteiger partial charge in [-0.05, 0) is 30.9 Å². The maximum Gasteiger partial charge on any atom is 0.267 e. The number of carbonyl (C=O) groups excluding carboxylic acids is 1. The van der Waals surface area contributed by atoms with E-state index in [2.05, 4.69) is 17.2 Å². The van der Waals surface area contributed by atoms with Gasteiger partial charge in [-0.2, -0.15) is 5.26 Å². The van der Waals surface area contributed by atoms with Gasteiger partial charge in [0.05, 0.1) is 0 Å². The Labute approximate surface area is 101 Å². The molecule has 2 N–H and O–H groups in total. The Kier molecular flexibility index (Phi) is 3.48. The Morgan fingerprint density at radius 2 is 2.24 bits per heavy atom. The van der Waals surface area contributed by atoms with Crippen LogP contribution < -0.4 is 5.32 Å². The fraction of sp³-hybridized carbons (Fsp3) is 0.538. The second-order valence-electron chi connectivity index (χ2n) is 4.74. The summed E-state index contributed by atoms with van der Waals surface area (Å²) in [6.07, 6.45) is 4.68. The maximum atomic E-state index is 11.9. The fourth-order valence-electron chi connectivity index (χ4n) is 2.37. The van der Waals surface area contributed by atoms with E-state index in [4.69, 9.17) is 5.26 Å². The summed E-state index contributed by atoms with van der Waals surface area (Å²) in [6, 6.07) is 5.53. The second kappa shape index (κ2) is 5.05. The third-order valence-corrected chi connectivity index (χ3v) is 3.48. The van der Waals surface area contributed by atoms with Gasteiger partial charge in [0.25, 0.3) is 5.91 Å². The molecule has 4 nitrogen and oxygen atoms in total. The first-order valence-corrected chi connectivity index (χ1v) is 6.10. The SMILES string of the molecule is CC1CCCCC1NC(=O)c1ccc(C#N)[nH]1. The van der Waals surface area contributed by atoms with Gasteiger partial charge in [-0.15, -0.1) is 0 Å². The third kappa shape index (κ3) is 2.68. The van der Waals surface area contributed by atoms with Crippen LogP contribution in [0.3, 0.4) is 0 Å². The van der Waals surface area contributed by atoms with Gasteiger partial charge in [0, 0.05) is 6.04 Å². The molecule has 17 heavy (non-hydrogen) atoms. The number of hydrogen-bond donors (Lipinski definition) is 2. The molecule has 1 saturated carbocycles. The van der Waals surface area contributed by atoms with Gasteiger partial charge in [0.15, 0.2) is 0 Å². The number of hydrogen-bond acceptors (Lipinski definition) is 2. The van der Waals surface area contributed by atoms with Crippen LogP contribution >= 0.6 is 0 Å². The fourth-order valence-corrected chi connectivity index (χ4v) is 2.37. The third-order valence-electron chi connectivity index (χ3n) is 3.48. The molecule has 1 heterocycles. The standard InChI is InChI=1S/C13H17N3O/c1-9-4-2-3-5-11(9)16-13(17)12-7-6-10(8-14)15-12/h6-7,9,11,15H,2-5H2,1H3,(H,16,17). The zero-order valence-electron chi connectivity index (χ0n) is 9.99. The number of rotatable bonds is 2. The van der Waals surface area contributed by atoms with Crippen LogP contribution in [0.2, 0.25) is 0 Å². The van der Waals surface area contributed by atoms with Crippen molar-refractivity contribution in [3.05, 3.63) is 23.5 Å². The lowest BCUT2D eigenvalue weighted by molar-refractivity contribution is 0.0906. The highest BCUT2D eigenvalue weighted by Gasteiger charge is 2.23. The van der Waals surface area contributed by atoms with Crippen LogP contribution in [-0.2, 0) is 0 Å². The van der Waals surface area contributed by atoms with Crippen molar-refractivity contribution in [1.82, 2.24) is 10.3 Å². The van der Waals surface area contributed by atoms with Crippen LogP contribution in [0, 0.1) is 17.2 Å². The number of amides is 1. The quantitative estimate of drug-likeness (QED) is 0.819. The molecular formula is C13H17N3O. The summed E-state index contributed by atoms with van der Waals surface area (Å²) in [5.74, 6) is 0.434. The Balaban J connectivity index is 1.99. The number of nitriles is 1. The monoisotopic (exact) mass is 231 g/mol. The van der Waals surface area contributed by atoms with Crippen molar-refractivity contribution in [2.75, 3.05) is 0 Å². The summed E-state index contributed by atoms with van der Waals surface area (Å²) in [5.41, 5.74) is 0.895. The van der Waals surface area contributed by atoms with E-state index in [-0.39, 0.29) is 11.9 Å². The molecule has 2 rings (SSSR count). The highest BCUT2D eigenvalue weighted by atomic mass is 16.1. The van der Waals surface area contributed by atoms with E-state index in [0.29, 0.717) is 17.3 Å². The lowest BCUT2D eigenvalue weighted by atomic mass is 9.86. The molecule has 0 aliphatic heterocycles. The van der Waals surface area contributed by atoms with E-state index in [1.807, 2.05) is 6.07 Å². The number of H-pyrrole nitrogens is 1. The molecule has 90 valence electrons. The van der Waals surface area contributed by atoms with Crippen LogP contribution in [-0.4, -0.2) is 16.9 Å². The first-order chi connectivity index (χ1) is 8.20. The van der Waals surface area contributed by atoms with Crippen molar-refractivity contribution in [2.45, 2.75) is 38.6 Å². The van der Waals surface area contributed by atoms with Crippen molar-refractivity contribution in [1.29, 1.82) is 5.26 Å². The Morgan fingerprint density at radius 3 is 2.88 bits per heavy atom. The van der Waals surface area contributed by atoms with E-state index in [9.17, 15) is 4.79 Å². The van der Waals surface area contributed by atoms with Crippen molar-refractivity contribution >= 4 is 5.91 Å². The lowest BCUT2D eigenvalue weighted by Gasteiger charge is -2.29. The Morgan fingerprint density at radius 1 is 1.47 bits per heavy atom. The Hall–Kier alpha value is -1.76. The predicted molar refractivity (Wildman–Crippen MR) is 64.4 cm³/mol. The van der Waals surface area contributed by atoms with Gasteiger partial charge < -0.3 is 10.3 Å². The minimum Gasteiger partial charge on any atom is -0.348 e. The average molecular weight is 231 g/mol. The normalized spacial score (nSPS) is 24.0. The van der Waals surface area contributed by atoms with Crippen LogP contribution in [0.15, 0.2) is 12.1 Å². The van der Waals surface area contributed by atoms with Crippen LogP contribution in [0.4, 0.5) is 0 Å². The van der Waals surface area contributed by atoms with Gasteiger partial charge in [-0.1, -0.05) is 19.8 Å². The molecule has 0 spiro atoms. The van der Waals surface area contributed by atoms with Crippen LogP contribution in [0.25, 0.3) is 0 Å². The first kappa shape index (κ1) is 11.7. The van der Waals surface area contributed by atoms with Gasteiger partial charge >= 0.3 is 0 Å². The number of carbonyl (C=O) groups is 1. The lowest BCUT2D eigenvalue weighted by Crippen LogP contribution is -2.41. The molecule has 2 unspecified atom stereocenters. The van der Waals surface area contributed by atoms with Gasteiger partial charge in [0.2, 0.25) is 0 Å². The molecular weight excluding hydrogens is 214 g/mol. The maximum absolute atomic E-state index is 11.9. The number of aromatic amines is 1. The van der Waals surface area contributed by atoms with Crippen molar-refractivity contribution in [3.8, 4) is 6.07 Å². The Bertz CT molecular complexity index is 444. The predicted octanol–water partition coefficient (Wildman–Crippen LogP) is 2.19. The molecule has 1 amide bonds. The van der Waals surface area contributed by atoms with E-state index in [1.165, 1.54) is 19.3 Å². The van der Waals surface area contributed by atoms with E-state index >= 15 is 0 Å². The molecule has 1 aromatic heterocycles. The molecule has 0 aromatic carbocycles. The summed E-state index contributed by atoms with van der Waals surface area (Å²) >= 11 is 0. The van der Waals surface area contributed by atoms with Gasteiger partial charge in [-0.25, -0.2) is 0 Å². The summed E-state index contributed by atoms with van der Waals surface area (Å²) < 4.78 is 0. The van der Waals surface area contributed by atoms with Crippen molar-refractivity contribution in [3.63, 3.8) is 0 Å². The summed E-state index contributed by atoms with van der Waals surface area (Å²) in [7, 11) is 0. The van der Waals surface area contributed by atoms with Crippen LogP contribution in [0.1, 0.15) is 48.8 Å². The van der Waals surface area contributed by atoms with E-state index < -0.39 is 0 Å². The van der Waals surface area contributed by atoms with Crippen LogP contribution in [0.5, 0.6) is 0 Å². The molecule has 4 heteroatoms. The molecule has 1 aliphatic carbocycles. The molecule has 1 aromatic rings. The summed E-state index contributed by atoms with van der Waals surface area (Å²) in [4.78, 5) is 14.7. The molecule has 0 radical (unpaired) electrons. The van der Waals surface area contributed by atoms with E-state index in [0.717, 1.165) is 6.42 Å². The highest BCUT2D eigenvalue weighted by molar-refractivity contribution is 5.92. The molecule has 1 aliphatic rings. The molecule has 0 bridgehead atoms. The smallest absolute Gasteiger partial charge is 0.267 e. The molecule has 1 fully saturated rings. The second-order valence-corrected chi connectivity index (χ2v) is 4.74.